The zero-order valence-corrected chi connectivity index (χ0v) is 13.1. The van der Waals surface area contributed by atoms with Gasteiger partial charge in [-0.15, -0.1) is 10.2 Å². The maximum Gasteiger partial charge on any atom is 0.276 e. The molecule has 0 saturated carbocycles. The second-order valence-electron chi connectivity index (χ2n) is 4.16. The highest BCUT2D eigenvalue weighted by Crippen LogP contribution is 2.21. The SMILES string of the molecule is COCCNc1ccc(C(=O)Nc2ccccc2Br)nn1. The number of benzene rings is 1. The number of rotatable bonds is 6. The van der Waals surface area contributed by atoms with E-state index in [-0.39, 0.29) is 11.6 Å². The van der Waals surface area contributed by atoms with Gasteiger partial charge in [-0.2, -0.15) is 0 Å². The van der Waals surface area contributed by atoms with E-state index in [0.717, 1.165) is 4.47 Å². The first kappa shape index (κ1) is 15.4. The minimum Gasteiger partial charge on any atom is -0.383 e. The molecule has 0 aliphatic rings. The standard InChI is InChI=1S/C14H15BrN4O2/c1-21-9-8-16-13-7-6-12(18-19-13)14(20)17-11-5-3-2-4-10(11)15/h2-7H,8-9H2,1H3,(H,16,19)(H,17,20). The number of carbonyl (C=O) groups is 1. The van der Waals surface area contributed by atoms with Crippen LogP contribution in [0.1, 0.15) is 10.5 Å². The molecule has 1 aromatic heterocycles. The maximum absolute atomic E-state index is 12.1. The minimum absolute atomic E-state index is 0.253. The Morgan fingerprint density at radius 3 is 2.71 bits per heavy atom. The summed E-state index contributed by atoms with van der Waals surface area (Å²) >= 11 is 3.37. The molecule has 0 unspecified atom stereocenters. The van der Waals surface area contributed by atoms with E-state index in [1.807, 2.05) is 18.2 Å². The fraction of sp³-hybridized carbons (Fsp3) is 0.214. The average molecular weight is 351 g/mol. The molecule has 0 bridgehead atoms. The van der Waals surface area contributed by atoms with Crippen molar-refractivity contribution in [1.82, 2.24) is 10.2 Å². The van der Waals surface area contributed by atoms with Crippen LogP contribution in [0.2, 0.25) is 0 Å². The lowest BCUT2D eigenvalue weighted by Gasteiger charge is -2.07. The minimum atomic E-state index is -0.308. The van der Waals surface area contributed by atoms with Gasteiger partial charge in [0.05, 0.1) is 12.3 Å². The summed E-state index contributed by atoms with van der Waals surface area (Å²) in [5.41, 5.74) is 0.939. The van der Waals surface area contributed by atoms with Crippen molar-refractivity contribution in [2.24, 2.45) is 0 Å². The summed E-state index contributed by atoms with van der Waals surface area (Å²) in [7, 11) is 1.63. The lowest BCUT2D eigenvalue weighted by atomic mass is 10.3. The van der Waals surface area contributed by atoms with Crippen LogP contribution in [0, 0.1) is 0 Å². The van der Waals surface area contributed by atoms with Crippen LogP contribution < -0.4 is 10.6 Å². The number of nitrogens with one attached hydrogen (secondary N) is 2. The van der Waals surface area contributed by atoms with E-state index in [4.69, 9.17) is 4.74 Å². The highest BCUT2D eigenvalue weighted by atomic mass is 79.9. The molecule has 6 nitrogen and oxygen atoms in total. The summed E-state index contributed by atoms with van der Waals surface area (Å²) < 4.78 is 5.73. The fourth-order valence-corrected chi connectivity index (χ4v) is 1.96. The van der Waals surface area contributed by atoms with Crippen molar-refractivity contribution in [3.05, 3.63) is 46.6 Å². The molecule has 0 atom stereocenters. The van der Waals surface area contributed by atoms with Crippen molar-refractivity contribution >= 4 is 33.3 Å². The molecule has 0 aliphatic heterocycles. The van der Waals surface area contributed by atoms with Crippen LogP contribution >= 0.6 is 15.9 Å². The van der Waals surface area contributed by atoms with Gasteiger partial charge in [0.25, 0.3) is 5.91 Å². The highest BCUT2D eigenvalue weighted by molar-refractivity contribution is 9.10. The maximum atomic E-state index is 12.1. The third-order valence-corrected chi connectivity index (χ3v) is 3.32. The predicted octanol–water partition coefficient (Wildman–Crippen LogP) is 2.55. The summed E-state index contributed by atoms with van der Waals surface area (Å²) in [6.07, 6.45) is 0. The normalized spacial score (nSPS) is 10.2. The number of hydrogen-bond donors (Lipinski definition) is 2. The Balaban J connectivity index is 1.98. The zero-order chi connectivity index (χ0) is 15.1. The number of aromatic nitrogens is 2. The molecule has 2 aromatic rings. The molecule has 1 amide bonds. The molecule has 0 aliphatic carbocycles. The second kappa shape index (κ2) is 7.70. The lowest BCUT2D eigenvalue weighted by Crippen LogP contribution is -2.15. The Morgan fingerprint density at radius 2 is 2.05 bits per heavy atom. The first-order valence-electron chi connectivity index (χ1n) is 6.33. The Kier molecular flexibility index (Phi) is 5.65. The van der Waals surface area contributed by atoms with Crippen LogP contribution in [0.4, 0.5) is 11.5 Å². The topological polar surface area (TPSA) is 76.1 Å². The quantitative estimate of drug-likeness (QED) is 0.783. The van der Waals surface area contributed by atoms with Crippen molar-refractivity contribution in [3.63, 3.8) is 0 Å². The summed E-state index contributed by atoms with van der Waals surface area (Å²) in [4.78, 5) is 12.1. The molecule has 7 heteroatoms. The van der Waals surface area contributed by atoms with Gasteiger partial charge in [-0.25, -0.2) is 0 Å². The number of carbonyl (C=O) groups excluding carboxylic acids is 1. The van der Waals surface area contributed by atoms with Crippen LogP contribution in [0.3, 0.4) is 0 Å². The van der Waals surface area contributed by atoms with Crippen molar-refractivity contribution in [3.8, 4) is 0 Å². The first-order valence-corrected chi connectivity index (χ1v) is 7.12. The van der Waals surface area contributed by atoms with Gasteiger partial charge in [0.15, 0.2) is 5.69 Å². The van der Waals surface area contributed by atoms with Crippen LogP contribution in [0.15, 0.2) is 40.9 Å². The van der Waals surface area contributed by atoms with Gasteiger partial charge < -0.3 is 15.4 Å². The van der Waals surface area contributed by atoms with Crippen LogP contribution in [0.5, 0.6) is 0 Å². The molecule has 0 fully saturated rings. The summed E-state index contributed by atoms with van der Waals surface area (Å²) in [6.45, 7) is 1.21. The first-order chi connectivity index (χ1) is 10.2. The largest absolute Gasteiger partial charge is 0.383 e. The Hall–Kier alpha value is -1.99. The molecule has 0 radical (unpaired) electrons. The Morgan fingerprint density at radius 1 is 1.24 bits per heavy atom. The Bertz CT molecular complexity index is 604. The number of para-hydroxylation sites is 1. The van der Waals surface area contributed by atoms with E-state index in [0.29, 0.717) is 24.7 Å². The van der Waals surface area contributed by atoms with Crippen molar-refractivity contribution in [1.29, 1.82) is 0 Å². The van der Waals surface area contributed by atoms with Crippen LogP contribution in [-0.2, 0) is 4.74 Å². The molecule has 1 aromatic carbocycles. The van der Waals surface area contributed by atoms with Gasteiger partial charge in [-0.05, 0) is 40.2 Å². The number of ether oxygens (including phenoxy) is 1. The molecule has 21 heavy (non-hydrogen) atoms. The van der Waals surface area contributed by atoms with Crippen molar-refractivity contribution < 1.29 is 9.53 Å². The van der Waals surface area contributed by atoms with Gasteiger partial charge in [0.2, 0.25) is 0 Å². The van der Waals surface area contributed by atoms with E-state index in [9.17, 15) is 4.79 Å². The van der Waals surface area contributed by atoms with Crippen LogP contribution in [0.25, 0.3) is 0 Å². The molecule has 2 N–H and O–H groups in total. The van der Waals surface area contributed by atoms with Gasteiger partial charge in [-0.3, -0.25) is 4.79 Å². The summed E-state index contributed by atoms with van der Waals surface area (Å²) in [5, 5.41) is 13.7. The predicted molar refractivity (Wildman–Crippen MR) is 84.5 cm³/mol. The van der Waals surface area contributed by atoms with Crippen molar-refractivity contribution in [2.45, 2.75) is 0 Å². The van der Waals surface area contributed by atoms with E-state index in [1.165, 1.54) is 0 Å². The van der Waals surface area contributed by atoms with Crippen LogP contribution in [-0.4, -0.2) is 36.4 Å². The molecule has 0 saturated heterocycles. The number of anilines is 2. The summed E-state index contributed by atoms with van der Waals surface area (Å²) in [6, 6.07) is 10.7. The number of nitrogens with zero attached hydrogens (tertiary/aromatic N) is 2. The van der Waals surface area contributed by atoms with Gasteiger partial charge in [0.1, 0.15) is 5.82 Å². The van der Waals surface area contributed by atoms with E-state index in [2.05, 4.69) is 36.8 Å². The number of halogens is 1. The number of methoxy groups -OCH3 is 1. The molecular formula is C14H15BrN4O2. The molecule has 1 heterocycles. The third-order valence-electron chi connectivity index (χ3n) is 2.63. The van der Waals surface area contributed by atoms with E-state index in [1.54, 1.807) is 25.3 Å². The lowest BCUT2D eigenvalue weighted by molar-refractivity contribution is 0.102. The van der Waals surface area contributed by atoms with Gasteiger partial charge in [-0.1, -0.05) is 12.1 Å². The molecular weight excluding hydrogens is 336 g/mol. The van der Waals surface area contributed by atoms with Gasteiger partial charge in [0, 0.05) is 18.1 Å². The summed E-state index contributed by atoms with van der Waals surface area (Å²) in [5.74, 6) is 0.294. The average Bonchev–Trinajstić information content (AvgIpc) is 2.50. The fourth-order valence-electron chi connectivity index (χ4n) is 1.58. The Labute approximate surface area is 131 Å². The highest BCUT2D eigenvalue weighted by Gasteiger charge is 2.10. The van der Waals surface area contributed by atoms with Gasteiger partial charge >= 0.3 is 0 Å². The molecule has 0 spiro atoms. The third kappa shape index (κ3) is 4.51. The van der Waals surface area contributed by atoms with E-state index >= 15 is 0 Å². The number of amides is 1. The molecule has 110 valence electrons. The van der Waals surface area contributed by atoms with E-state index < -0.39 is 0 Å². The van der Waals surface area contributed by atoms with Crippen molar-refractivity contribution in [2.75, 3.05) is 30.9 Å². The molecule has 2 rings (SSSR count). The second-order valence-corrected chi connectivity index (χ2v) is 5.01. The number of hydrogen-bond acceptors (Lipinski definition) is 5. The smallest absolute Gasteiger partial charge is 0.276 e. The zero-order valence-electron chi connectivity index (χ0n) is 11.5. The monoisotopic (exact) mass is 350 g/mol.